The van der Waals surface area contributed by atoms with Gasteiger partial charge in [0.15, 0.2) is 0 Å². The molecule has 0 aliphatic heterocycles. The van der Waals surface area contributed by atoms with E-state index in [2.05, 4.69) is 10.1 Å². The van der Waals surface area contributed by atoms with E-state index in [1.807, 2.05) is 0 Å². The first-order valence-electron chi connectivity index (χ1n) is 4.81. The monoisotopic (exact) mass is 217 g/mol. The standard InChI is InChI=1S/C10H19NO4/c1-6(2)7(8(12)15-5)11-9(13)10(3,4)14/h6-7,14H,1-5H3,(H,11,13). The summed E-state index contributed by atoms with van der Waals surface area (Å²) in [6.45, 7) is 6.28. The summed E-state index contributed by atoms with van der Waals surface area (Å²) in [6, 6.07) is -0.728. The van der Waals surface area contributed by atoms with Gasteiger partial charge >= 0.3 is 5.97 Å². The van der Waals surface area contributed by atoms with E-state index in [-0.39, 0.29) is 5.92 Å². The number of carbonyl (C=O) groups is 2. The molecule has 88 valence electrons. The van der Waals surface area contributed by atoms with Crippen molar-refractivity contribution in [1.29, 1.82) is 0 Å². The van der Waals surface area contributed by atoms with Gasteiger partial charge < -0.3 is 15.2 Å². The topological polar surface area (TPSA) is 75.6 Å². The van der Waals surface area contributed by atoms with Crippen molar-refractivity contribution in [1.82, 2.24) is 5.32 Å². The molecule has 0 radical (unpaired) electrons. The molecular weight excluding hydrogens is 198 g/mol. The minimum absolute atomic E-state index is 0.0938. The number of hydrogen-bond donors (Lipinski definition) is 2. The Morgan fingerprint density at radius 2 is 1.80 bits per heavy atom. The van der Waals surface area contributed by atoms with Gasteiger partial charge in [-0.3, -0.25) is 4.79 Å². The molecule has 15 heavy (non-hydrogen) atoms. The van der Waals surface area contributed by atoms with Crippen LogP contribution >= 0.6 is 0 Å². The highest BCUT2D eigenvalue weighted by molar-refractivity contribution is 5.89. The second-order valence-corrected chi connectivity index (χ2v) is 4.28. The van der Waals surface area contributed by atoms with Crippen LogP contribution in [0, 0.1) is 5.92 Å². The number of esters is 1. The number of methoxy groups -OCH3 is 1. The third kappa shape index (κ3) is 4.29. The molecule has 0 spiro atoms. The Labute approximate surface area is 89.8 Å². The zero-order valence-electron chi connectivity index (χ0n) is 9.83. The summed E-state index contributed by atoms with van der Waals surface area (Å²) < 4.78 is 4.55. The maximum atomic E-state index is 11.4. The van der Waals surface area contributed by atoms with Gasteiger partial charge in [-0.1, -0.05) is 13.8 Å². The molecule has 1 unspecified atom stereocenters. The summed E-state index contributed by atoms with van der Waals surface area (Å²) in [4.78, 5) is 22.7. The number of aliphatic hydroxyl groups is 1. The minimum atomic E-state index is -1.50. The van der Waals surface area contributed by atoms with E-state index in [1.54, 1.807) is 13.8 Å². The van der Waals surface area contributed by atoms with Crippen molar-refractivity contribution in [2.75, 3.05) is 7.11 Å². The molecule has 0 aromatic carbocycles. The predicted molar refractivity (Wildman–Crippen MR) is 55.1 cm³/mol. The van der Waals surface area contributed by atoms with Gasteiger partial charge in [0.2, 0.25) is 0 Å². The third-order valence-corrected chi connectivity index (χ3v) is 1.96. The maximum Gasteiger partial charge on any atom is 0.328 e. The van der Waals surface area contributed by atoms with Gasteiger partial charge in [0.05, 0.1) is 7.11 Å². The van der Waals surface area contributed by atoms with E-state index in [1.165, 1.54) is 21.0 Å². The lowest BCUT2D eigenvalue weighted by Crippen LogP contribution is -2.51. The second kappa shape index (κ2) is 5.11. The van der Waals surface area contributed by atoms with E-state index in [0.717, 1.165) is 0 Å². The van der Waals surface area contributed by atoms with E-state index in [0.29, 0.717) is 0 Å². The Kier molecular flexibility index (Phi) is 4.74. The van der Waals surface area contributed by atoms with E-state index in [9.17, 15) is 14.7 Å². The van der Waals surface area contributed by atoms with Crippen LogP contribution in [0.5, 0.6) is 0 Å². The molecule has 1 atom stereocenters. The van der Waals surface area contributed by atoms with Crippen molar-refractivity contribution in [2.45, 2.75) is 39.3 Å². The molecule has 2 N–H and O–H groups in total. The predicted octanol–water partition coefficient (Wildman–Crippen LogP) is 0.0711. The van der Waals surface area contributed by atoms with Gasteiger partial charge in [-0.05, 0) is 19.8 Å². The van der Waals surface area contributed by atoms with Crippen molar-refractivity contribution in [3.63, 3.8) is 0 Å². The number of rotatable bonds is 4. The lowest BCUT2D eigenvalue weighted by molar-refractivity contribution is -0.149. The minimum Gasteiger partial charge on any atom is -0.467 e. The largest absolute Gasteiger partial charge is 0.467 e. The van der Waals surface area contributed by atoms with Crippen molar-refractivity contribution in [3.8, 4) is 0 Å². The van der Waals surface area contributed by atoms with Gasteiger partial charge in [0.25, 0.3) is 5.91 Å². The first-order valence-corrected chi connectivity index (χ1v) is 4.81. The molecule has 1 amide bonds. The van der Waals surface area contributed by atoms with Crippen molar-refractivity contribution < 1.29 is 19.4 Å². The molecule has 0 saturated heterocycles. The molecule has 0 bridgehead atoms. The van der Waals surface area contributed by atoms with Gasteiger partial charge in [0.1, 0.15) is 11.6 Å². The van der Waals surface area contributed by atoms with E-state index < -0.39 is 23.5 Å². The first-order chi connectivity index (χ1) is 6.70. The Bertz CT molecular complexity index is 242. The van der Waals surface area contributed by atoms with Crippen molar-refractivity contribution in [3.05, 3.63) is 0 Å². The first kappa shape index (κ1) is 13.9. The molecule has 0 fully saturated rings. The fourth-order valence-corrected chi connectivity index (χ4v) is 0.943. The summed E-state index contributed by atoms with van der Waals surface area (Å²) in [5, 5.41) is 11.9. The Hall–Kier alpha value is -1.10. The van der Waals surface area contributed by atoms with Gasteiger partial charge in [-0.15, -0.1) is 0 Å². The van der Waals surface area contributed by atoms with E-state index in [4.69, 9.17) is 0 Å². The quantitative estimate of drug-likeness (QED) is 0.653. The number of hydrogen-bond acceptors (Lipinski definition) is 4. The third-order valence-electron chi connectivity index (χ3n) is 1.96. The van der Waals surface area contributed by atoms with Crippen molar-refractivity contribution >= 4 is 11.9 Å². The Morgan fingerprint density at radius 1 is 1.33 bits per heavy atom. The Morgan fingerprint density at radius 3 is 2.07 bits per heavy atom. The number of nitrogens with one attached hydrogen (secondary N) is 1. The lowest BCUT2D eigenvalue weighted by Gasteiger charge is -2.24. The molecule has 0 rings (SSSR count). The van der Waals surface area contributed by atoms with Crippen molar-refractivity contribution in [2.24, 2.45) is 5.92 Å². The maximum absolute atomic E-state index is 11.4. The highest BCUT2D eigenvalue weighted by Crippen LogP contribution is 2.07. The average Bonchev–Trinajstić information content (AvgIpc) is 2.10. The molecule has 0 aliphatic carbocycles. The number of amides is 1. The van der Waals surface area contributed by atoms with Crippen LogP contribution in [0.4, 0.5) is 0 Å². The fraction of sp³-hybridized carbons (Fsp3) is 0.800. The van der Waals surface area contributed by atoms with Crippen LogP contribution in [0.15, 0.2) is 0 Å². The summed E-state index contributed by atoms with van der Waals surface area (Å²) in [5.41, 5.74) is -1.50. The molecule has 0 heterocycles. The highest BCUT2D eigenvalue weighted by Gasteiger charge is 2.31. The Balaban J connectivity index is 4.57. The average molecular weight is 217 g/mol. The summed E-state index contributed by atoms with van der Waals surface area (Å²) in [5.74, 6) is -1.20. The molecule has 5 nitrogen and oxygen atoms in total. The number of ether oxygens (including phenoxy) is 1. The molecule has 0 aliphatic rings. The van der Waals surface area contributed by atoms with Crippen LogP contribution in [0.3, 0.4) is 0 Å². The van der Waals surface area contributed by atoms with Crippen LogP contribution < -0.4 is 5.32 Å². The molecule has 5 heteroatoms. The van der Waals surface area contributed by atoms with Crippen LogP contribution in [0.25, 0.3) is 0 Å². The summed E-state index contributed by atoms with van der Waals surface area (Å²) in [6.07, 6.45) is 0. The second-order valence-electron chi connectivity index (χ2n) is 4.28. The van der Waals surface area contributed by atoms with Crippen LogP contribution in [0.2, 0.25) is 0 Å². The van der Waals surface area contributed by atoms with Gasteiger partial charge in [-0.2, -0.15) is 0 Å². The fourth-order valence-electron chi connectivity index (χ4n) is 0.943. The molecule has 0 saturated carbocycles. The summed E-state index contributed by atoms with van der Waals surface area (Å²) in [7, 11) is 1.26. The van der Waals surface area contributed by atoms with Gasteiger partial charge in [-0.25, -0.2) is 4.79 Å². The SMILES string of the molecule is COC(=O)C(NC(=O)C(C)(C)O)C(C)C. The van der Waals surface area contributed by atoms with Gasteiger partial charge in [0, 0.05) is 0 Å². The van der Waals surface area contributed by atoms with E-state index >= 15 is 0 Å². The molecule has 0 aromatic rings. The van der Waals surface area contributed by atoms with Crippen LogP contribution in [-0.4, -0.2) is 35.7 Å². The molecule has 0 aromatic heterocycles. The lowest BCUT2D eigenvalue weighted by atomic mass is 10.0. The van der Waals surface area contributed by atoms with Crippen LogP contribution in [0.1, 0.15) is 27.7 Å². The zero-order chi connectivity index (χ0) is 12.2. The van der Waals surface area contributed by atoms with Crippen LogP contribution in [-0.2, 0) is 14.3 Å². The molecular formula is C10H19NO4. The highest BCUT2D eigenvalue weighted by atomic mass is 16.5. The smallest absolute Gasteiger partial charge is 0.328 e. The normalized spacial score (nSPS) is 13.5. The summed E-state index contributed by atoms with van der Waals surface area (Å²) >= 11 is 0. The zero-order valence-corrected chi connectivity index (χ0v) is 9.83. The number of carbonyl (C=O) groups excluding carboxylic acids is 2.